The first kappa shape index (κ1) is 13.6. The normalized spacial score (nSPS) is 12.4. The molecule has 0 amide bonds. The Hall–Kier alpha value is -1.81. The summed E-state index contributed by atoms with van der Waals surface area (Å²) in [6, 6.07) is 7.99. The average molecular weight is 259 g/mol. The largest absolute Gasteiger partial charge is 0.493 e. The van der Waals surface area contributed by atoms with Crippen LogP contribution in [0.5, 0.6) is 5.75 Å². The summed E-state index contributed by atoms with van der Waals surface area (Å²) in [7, 11) is 0. The van der Waals surface area contributed by atoms with Gasteiger partial charge < -0.3 is 15.5 Å². The number of rotatable bonds is 6. The van der Waals surface area contributed by atoms with Gasteiger partial charge in [0, 0.05) is 11.5 Å². The molecule has 0 fully saturated rings. The number of nitrogens with one attached hydrogen (secondary N) is 1. The molecule has 0 radical (unpaired) electrons. The molecule has 19 heavy (non-hydrogen) atoms. The van der Waals surface area contributed by atoms with E-state index >= 15 is 0 Å². The van der Waals surface area contributed by atoms with Gasteiger partial charge in [-0.05, 0) is 32.0 Å². The molecular formula is C15H21N3O. The van der Waals surface area contributed by atoms with Gasteiger partial charge in [-0.2, -0.15) is 0 Å². The van der Waals surface area contributed by atoms with Crippen molar-refractivity contribution in [1.82, 2.24) is 9.97 Å². The number of ether oxygens (including phenoxy) is 1. The Kier molecular flexibility index (Phi) is 4.58. The molecule has 4 nitrogen and oxygen atoms in total. The third kappa shape index (κ3) is 3.15. The lowest BCUT2D eigenvalue weighted by Gasteiger charge is -2.09. The van der Waals surface area contributed by atoms with E-state index in [0.29, 0.717) is 19.1 Å². The highest BCUT2D eigenvalue weighted by atomic mass is 16.5. The molecule has 4 heteroatoms. The SMILES string of the molecule is CCOc1ccccc1-c1cnc(C(C)CCN)[nH]1. The highest BCUT2D eigenvalue weighted by Crippen LogP contribution is 2.29. The average Bonchev–Trinajstić information content (AvgIpc) is 2.90. The van der Waals surface area contributed by atoms with Crippen LogP contribution >= 0.6 is 0 Å². The molecule has 1 unspecified atom stereocenters. The van der Waals surface area contributed by atoms with Gasteiger partial charge in [0.25, 0.3) is 0 Å². The van der Waals surface area contributed by atoms with Crippen molar-refractivity contribution >= 4 is 0 Å². The third-order valence-electron chi connectivity index (χ3n) is 3.14. The van der Waals surface area contributed by atoms with Crippen molar-refractivity contribution in [2.45, 2.75) is 26.2 Å². The number of imidazole rings is 1. The maximum absolute atomic E-state index is 5.64. The zero-order chi connectivity index (χ0) is 13.7. The van der Waals surface area contributed by atoms with Crippen LogP contribution in [-0.4, -0.2) is 23.1 Å². The minimum atomic E-state index is 0.345. The second-order valence-corrected chi connectivity index (χ2v) is 4.59. The summed E-state index contributed by atoms with van der Waals surface area (Å²) in [4.78, 5) is 7.81. The molecule has 1 atom stereocenters. The summed E-state index contributed by atoms with van der Waals surface area (Å²) < 4.78 is 5.64. The van der Waals surface area contributed by atoms with E-state index in [-0.39, 0.29) is 0 Å². The van der Waals surface area contributed by atoms with Crippen molar-refractivity contribution in [3.8, 4) is 17.0 Å². The minimum Gasteiger partial charge on any atom is -0.493 e. The molecule has 2 aromatic rings. The van der Waals surface area contributed by atoms with Gasteiger partial charge in [0.2, 0.25) is 0 Å². The maximum atomic E-state index is 5.64. The molecule has 3 N–H and O–H groups in total. The molecule has 1 aromatic carbocycles. The Labute approximate surface area is 114 Å². The van der Waals surface area contributed by atoms with Gasteiger partial charge in [-0.1, -0.05) is 19.1 Å². The zero-order valence-electron chi connectivity index (χ0n) is 11.5. The van der Waals surface area contributed by atoms with Gasteiger partial charge in [0.1, 0.15) is 11.6 Å². The van der Waals surface area contributed by atoms with Crippen LogP contribution in [0.4, 0.5) is 0 Å². The summed E-state index contributed by atoms with van der Waals surface area (Å²) in [6.07, 6.45) is 2.79. The highest BCUT2D eigenvalue weighted by Gasteiger charge is 2.12. The number of nitrogens with two attached hydrogens (primary N) is 1. The molecule has 0 aliphatic heterocycles. The van der Waals surface area contributed by atoms with Gasteiger partial charge in [-0.3, -0.25) is 0 Å². The molecule has 0 saturated heterocycles. The fourth-order valence-corrected chi connectivity index (χ4v) is 2.08. The number of para-hydroxylation sites is 1. The van der Waals surface area contributed by atoms with Gasteiger partial charge in [0.15, 0.2) is 0 Å². The maximum Gasteiger partial charge on any atom is 0.128 e. The van der Waals surface area contributed by atoms with Gasteiger partial charge in [-0.15, -0.1) is 0 Å². The first-order valence-electron chi connectivity index (χ1n) is 6.73. The summed E-state index contributed by atoms with van der Waals surface area (Å²) in [6.45, 7) is 5.44. The van der Waals surface area contributed by atoms with E-state index in [1.54, 1.807) is 0 Å². The number of benzene rings is 1. The topological polar surface area (TPSA) is 63.9 Å². The second kappa shape index (κ2) is 6.38. The van der Waals surface area contributed by atoms with E-state index in [1.807, 2.05) is 37.4 Å². The van der Waals surface area contributed by atoms with Crippen LogP contribution in [0.25, 0.3) is 11.3 Å². The molecule has 1 heterocycles. The van der Waals surface area contributed by atoms with Crippen LogP contribution in [0.1, 0.15) is 32.0 Å². The van der Waals surface area contributed by atoms with Crippen LogP contribution in [0.3, 0.4) is 0 Å². The lowest BCUT2D eigenvalue weighted by atomic mass is 10.1. The molecule has 0 spiro atoms. The number of aromatic nitrogens is 2. The second-order valence-electron chi connectivity index (χ2n) is 4.59. The standard InChI is InChI=1S/C15H21N3O/c1-3-19-14-7-5-4-6-12(14)13-10-17-15(18-13)11(2)8-9-16/h4-7,10-11H,3,8-9,16H2,1-2H3,(H,17,18). The summed E-state index contributed by atoms with van der Waals surface area (Å²) in [5.74, 6) is 2.21. The lowest BCUT2D eigenvalue weighted by molar-refractivity contribution is 0.341. The molecule has 0 aliphatic rings. The van der Waals surface area contributed by atoms with E-state index in [1.165, 1.54) is 0 Å². The smallest absolute Gasteiger partial charge is 0.128 e. The third-order valence-corrected chi connectivity index (χ3v) is 3.14. The Morgan fingerprint density at radius 2 is 2.16 bits per heavy atom. The number of H-pyrrole nitrogens is 1. The molecule has 0 aliphatic carbocycles. The van der Waals surface area contributed by atoms with Crippen LogP contribution < -0.4 is 10.5 Å². The molecule has 0 bridgehead atoms. The predicted molar refractivity (Wildman–Crippen MR) is 77.3 cm³/mol. The van der Waals surface area contributed by atoms with E-state index in [4.69, 9.17) is 10.5 Å². The Bertz CT molecular complexity index is 522. The minimum absolute atomic E-state index is 0.345. The van der Waals surface area contributed by atoms with E-state index in [9.17, 15) is 0 Å². The van der Waals surface area contributed by atoms with E-state index in [0.717, 1.165) is 29.3 Å². The number of hydrogen-bond donors (Lipinski definition) is 2. The van der Waals surface area contributed by atoms with Crippen molar-refractivity contribution in [1.29, 1.82) is 0 Å². The van der Waals surface area contributed by atoms with Crippen molar-refractivity contribution < 1.29 is 4.74 Å². The van der Waals surface area contributed by atoms with E-state index in [2.05, 4.69) is 16.9 Å². The van der Waals surface area contributed by atoms with Gasteiger partial charge in [-0.25, -0.2) is 4.98 Å². The summed E-state index contributed by atoms with van der Waals surface area (Å²) in [5.41, 5.74) is 7.62. The van der Waals surface area contributed by atoms with Crippen molar-refractivity contribution in [2.24, 2.45) is 5.73 Å². The summed E-state index contributed by atoms with van der Waals surface area (Å²) in [5, 5.41) is 0. The van der Waals surface area contributed by atoms with Crippen molar-refractivity contribution in [2.75, 3.05) is 13.2 Å². The quantitative estimate of drug-likeness (QED) is 0.838. The summed E-state index contributed by atoms with van der Waals surface area (Å²) >= 11 is 0. The fourth-order valence-electron chi connectivity index (χ4n) is 2.08. The molecule has 0 saturated carbocycles. The number of hydrogen-bond acceptors (Lipinski definition) is 3. The van der Waals surface area contributed by atoms with Crippen LogP contribution in [0.2, 0.25) is 0 Å². The fraction of sp³-hybridized carbons (Fsp3) is 0.400. The van der Waals surface area contributed by atoms with Gasteiger partial charge in [0.05, 0.1) is 18.5 Å². The Balaban J connectivity index is 2.27. The first-order chi connectivity index (χ1) is 9.26. The molecular weight excluding hydrogens is 238 g/mol. The van der Waals surface area contributed by atoms with Gasteiger partial charge >= 0.3 is 0 Å². The van der Waals surface area contributed by atoms with Crippen LogP contribution in [0.15, 0.2) is 30.5 Å². The van der Waals surface area contributed by atoms with Crippen molar-refractivity contribution in [3.05, 3.63) is 36.3 Å². The monoisotopic (exact) mass is 259 g/mol. The lowest BCUT2D eigenvalue weighted by Crippen LogP contribution is -2.05. The zero-order valence-corrected chi connectivity index (χ0v) is 11.5. The molecule has 102 valence electrons. The van der Waals surface area contributed by atoms with Crippen LogP contribution in [-0.2, 0) is 0 Å². The van der Waals surface area contributed by atoms with Crippen molar-refractivity contribution in [3.63, 3.8) is 0 Å². The number of nitrogens with zero attached hydrogens (tertiary/aromatic N) is 1. The highest BCUT2D eigenvalue weighted by molar-refractivity contribution is 5.66. The van der Waals surface area contributed by atoms with E-state index < -0.39 is 0 Å². The predicted octanol–water partition coefficient (Wildman–Crippen LogP) is 2.93. The Morgan fingerprint density at radius 1 is 1.37 bits per heavy atom. The first-order valence-corrected chi connectivity index (χ1v) is 6.73. The Morgan fingerprint density at radius 3 is 2.89 bits per heavy atom. The van der Waals surface area contributed by atoms with Crippen LogP contribution in [0, 0.1) is 0 Å². The molecule has 1 aromatic heterocycles. The number of aromatic amines is 1. The molecule has 2 rings (SSSR count).